The molecule has 0 aromatic heterocycles. The first-order valence-corrected chi connectivity index (χ1v) is 8.32. The highest BCUT2D eigenvalue weighted by Crippen LogP contribution is 2.59. The maximum Gasteiger partial charge on any atom is 0.00273 e. The van der Waals surface area contributed by atoms with Gasteiger partial charge in [-0.2, -0.15) is 0 Å². The van der Waals surface area contributed by atoms with Crippen LogP contribution in [0.15, 0.2) is 30.4 Å². The minimum atomic E-state index is 0.265. The highest BCUT2D eigenvalue weighted by Gasteiger charge is 2.52. The van der Waals surface area contributed by atoms with Gasteiger partial charge in [-0.05, 0) is 66.0 Å². The molecule has 0 radical (unpaired) electrons. The Balaban J connectivity index is 1.95. The van der Waals surface area contributed by atoms with E-state index in [1.165, 1.54) is 32.1 Å². The molecule has 0 N–H and O–H groups in total. The average Bonchev–Trinajstić information content (AvgIpc) is 2.98. The van der Waals surface area contributed by atoms with Gasteiger partial charge in [0.25, 0.3) is 0 Å². The summed E-state index contributed by atoms with van der Waals surface area (Å²) in [6.45, 7) is 7.15. The number of benzene rings is 1. The first-order chi connectivity index (χ1) is 9.51. The van der Waals surface area contributed by atoms with Crippen LogP contribution in [0.25, 0.3) is 0 Å². The fourth-order valence-electron chi connectivity index (χ4n) is 5.27. The molecule has 0 amide bonds. The summed E-state index contributed by atoms with van der Waals surface area (Å²) in [4.78, 5) is 0. The molecule has 0 aliphatic heterocycles. The van der Waals surface area contributed by atoms with Crippen LogP contribution in [0.1, 0.15) is 63.1 Å². The normalized spacial score (nSPS) is 34.8. The Morgan fingerprint density at radius 3 is 2.65 bits per heavy atom. The van der Waals surface area contributed by atoms with Gasteiger partial charge in [-0.1, -0.05) is 51.1 Å². The Kier molecular flexibility index (Phi) is 2.53. The van der Waals surface area contributed by atoms with Crippen molar-refractivity contribution in [2.45, 2.75) is 63.7 Å². The fourth-order valence-corrected chi connectivity index (χ4v) is 5.27. The van der Waals surface area contributed by atoms with Crippen molar-refractivity contribution in [3.8, 4) is 0 Å². The second-order valence-electron chi connectivity index (χ2n) is 8.29. The number of aryl methyl sites for hydroxylation is 1. The van der Waals surface area contributed by atoms with Crippen LogP contribution in [0.4, 0.5) is 0 Å². The molecular weight excluding hydrogens is 240 g/mol. The minimum Gasteiger partial charge on any atom is -0.0851 e. The molecule has 1 aromatic rings. The summed E-state index contributed by atoms with van der Waals surface area (Å²) in [5.41, 5.74) is 5.79. The molecule has 4 rings (SSSR count). The van der Waals surface area contributed by atoms with Gasteiger partial charge in [0.2, 0.25) is 0 Å². The molecule has 3 atom stereocenters. The summed E-state index contributed by atoms with van der Waals surface area (Å²) >= 11 is 0. The molecule has 0 saturated heterocycles. The van der Waals surface area contributed by atoms with Crippen molar-refractivity contribution in [1.82, 2.24) is 0 Å². The van der Waals surface area contributed by atoms with Crippen molar-refractivity contribution >= 4 is 0 Å². The molecule has 1 spiro atoms. The van der Waals surface area contributed by atoms with Gasteiger partial charge in [-0.15, -0.1) is 0 Å². The van der Waals surface area contributed by atoms with Crippen LogP contribution in [0.3, 0.4) is 0 Å². The highest BCUT2D eigenvalue weighted by atomic mass is 14.6. The van der Waals surface area contributed by atoms with E-state index in [1.54, 1.807) is 16.7 Å². The number of hydrogen-bond donors (Lipinski definition) is 0. The van der Waals surface area contributed by atoms with E-state index in [-0.39, 0.29) is 5.41 Å². The van der Waals surface area contributed by atoms with Gasteiger partial charge in [-0.3, -0.25) is 0 Å². The zero-order chi connectivity index (χ0) is 14.0. The Bertz CT molecular complexity index is 572. The minimum absolute atomic E-state index is 0.265. The van der Waals surface area contributed by atoms with Crippen LogP contribution in [-0.2, 0) is 17.3 Å². The Morgan fingerprint density at radius 2 is 2.00 bits per heavy atom. The van der Waals surface area contributed by atoms with Crippen molar-refractivity contribution in [3.05, 3.63) is 47.0 Å². The molecule has 3 aliphatic rings. The summed E-state index contributed by atoms with van der Waals surface area (Å²) in [6, 6.07) is 7.10. The van der Waals surface area contributed by atoms with Gasteiger partial charge in [-0.25, -0.2) is 0 Å². The molecule has 1 saturated carbocycles. The van der Waals surface area contributed by atoms with Crippen LogP contribution >= 0.6 is 0 Å². The van der Waals surface area contributed by atoms with Crippen LogP contribution < -0.4 is 0 Å². The third-order valence-corrected chi connectivity index (χ3v) is 6.03. The van der Waals surface area contributed by atoms with Crippen molar-refractivity contribution in [3.63, 3.8) is 0 Å². The topological polar surface area (TPSA) is 0 Å². The molecule has 1 aromatic carbocycles. The predicted octanol–water partition coefficient (Wildman–Crippen LogP) is 5.15. The second-order valence-corrected chi connectivity index (χ2v) is 8.29. The molecule has 20 heavy (non-hydrogen) atoms. The molecule has 2 bridgehead atoms. The highest BCUT2D eigenvalue weighted by molar-refractivity contribution is 5.49. The average molecular weight is 266 g/mol. The monoisotopic (exact) mass is 266 g/mol. The third-order valence-electron chi connectivity index (χ3n) is 6.03. The molecule has 3 aliphatic carbocycles. The molecular formula is C20H26. The summed E-state index contributed by atoms with van der Waals surface area (Å²) in [5, 5.41) is 0. The molecule has 1 fully saturated rings. The molecule has 0 heteroatoms. The quantitative estimate of drug-likeness (QED) is 0.569. The van der Waals surface area contributed by atoms with Crippen LogP contribution in [-0.4, -0.2) is 0 Å². The lowest BCUT2D eigenvalue weighted by molar-refractivity contribution is 0.297. The van der Waals surface area contributed by atoms with Gasteiger partial charge >= 0.3 is 0 Å². The first-order valence-electron chi connectivity index (χ1n) is 8.32. The zero-order valence-electron chi connectivity index (χ0n) is 13.1. The van der Waals surface area contributed by atoms with Gasteiger partial charge in [0.15, 0.2) is 0 Å². The predicted molar refractivity (Wildman–Crippen MR) is 85.1 cm³/mol. The van der Waals surface area contributed by atoms with E-state index in [0.29, 0.717) is 5.41 Å². The number of allylic oxidation sites excluding steroid dienone is 2. The fraction of sp³-hybridized carbons (Fsp3) is 0.600. The maximum absolute atomic E-state index is 2.54. The van der Waals surface area contributed by atoms with E-state index >= 15 is 0 Å². The maximum atomic E-state index is 2.54. The van der Waals surface area contributed by atoms with Crippen molar-refractivity contribution in [1.29, 1.82) is 0 Å². The van der Waals surface area contributed by atoms with Gasteiger partial charge in [0, 0.05) is 5.41 Å². The van der Waals surface area contributed by atoms with Gasteiger partial charge < -0.3 is 0 Å². The summed E-state index contributed by atoms with van der Waals surface area (Å²) in [7, 11) is 0. The van der Waals surface area contributed by atoms with Crippen molar-refractivity contribution < 1.29 is 0 Å². The SMILES string of the molecule is CC(C)(C)c1cccc2c1C1(CCC2)CC2C=CC1C2. The van der Waals surface area contributed by atoms with E-state index in [1.807, 2.05) is 0 Å². The number of rotatable bonds is 0. The van der Waals surface area contributed by atoms with Crippen molar-refractivity contribution in [2.24, 2.45) is 11.8 Å². The number of fused-ring (bicyclic) bond motifs is 5. The Hall–Kier alpha value is -1.04. The van der Waals surface area contributed by atoms with Crippen molar-refractivity contribution in [2.75, 3.05) is 0 Å². The van der Waals surface area contributed by atoms with Crippen LogP contribution in [0.2, 0.25) is 0 Å². The number of hydrogen-bond acceptors (Lipinski definition) is 0. The third kappa shape index (κ3) is 1.60. The largest absolute Gasteiger partial charge is 0.0851 e. The second kappa shape index (κ2) is 4.00. The molecule has 0 heterocycles. The molecule has 0 nitrogen and oxygen atoms in total. The van der Waals surface area contributed by atoms with E-state index in [4.69, 9.17) is 0 Å². The van der Waals surface area contributed by atoms with E-state index in [2.05, 4.69) is 51.1 Å². The van der Waals surface area contributed by atoms with E-state index < -0.39 is 0 Å². The van der Waals surface area contributed by atoms with Gasteiger partial charge in [0.1, 0.15) is 0 Å². The first kappa shape index (κ1) is 12.7. The molecule has 106 valence electrons. The smallest absolute Gasteiger partial charge is 0.00273 e. The molecule has 3 unspecified atom stereocenters. The van der Waals surface area contributed by atoms with E-state index in [9.17, 15) is 0 Å². The summed E-state index contributed by atoms with van der Waals surface area (Å²) in [6.07, 6.45) is 12.0. The van der Waals surface area contributed by atoms with E-state index in [0.717, 1.165) is 11.8 Å². The lowest BCUT2D eigenvalue weighted by atomic mass is 9.60. The van der Waals surface area contributed by atoms with Crippen LogP contribution in [0.5, 0.6) is 0 Å². The lowest BCUT2D eigenvalue weighted by Crippen LogP contribution is -2.37. The zero-order valence-corrected chi connectivity index (χ0v) is 13.1. The Labute approximate surface area is 123 Å². The lowest BCUT2D eigenvalue weighted by Gasteiger charge is -2.44. The van der Waals surface area contributed by atoms with Crippen LogP contribution in [0, 0.1) is 11.8 Å². The standard InChI is InChI=1S/C20H26/c1-19(2,3)17-8-4-6-15-7-5-11-20(18(15)17)13-14-9-10-16(20)12-14/h4,6,8-10,14,16H,5,7,11-13H2,1-3H3. The Morgan fingerprint density at radius 1 is 1.15 bits per heavy atom. The summed E-state index contributed by atoms with van der Waals surface area (Å²) in [5.74, 6) is 1.68. The summed E-state index contributed by atoms with van der Waals surface area (Å²) < 4.78 is 0. The van der Waals surface area contributed by atoms with Gasteiger partial charge in [0.05, 0.1) is 0 Å².